The van der Waals surface area contributed by atoms with Gasteiger partial charge in [0.15, 0.2) is 12.4 Å². The van der Waals surface area contributed by atoms with Gasteiger partial charge < -0.3 is 10.1 Å². The van der Waals surface area contributed by atoms with Crippen molar-refractivity contribution in [2.45, 2.75) is 50.0 Å². The second kappa shape index (κ2) is 9.01. The number of ether oxygens (including phenoxy) is 1. The number of hydrogen-bond donors (Lipinski definition) is 1. The van der Waals surface area contributed by atoms with Gasteiger partial charge in [-0.2, -0.15) is 0 Å². The van der Waals surface area contributed by atoms with Crippen LogP contribution in [0.4, 0.5) is 0 Å². The van der Waals surface area contributed by atoms with Crippen molar-refractivity contribution in [1.29, 1.82) is 0 Å². The molecule has 4 aliphatic carbocycles. The highest BCUT2D eigenvalue weighted by Gasteiger charge is 2.48. The SMILES string of the molecule is Cc1ccc(C(=O)C2=C(OCC(=O)NC3C4CC5CC(C4)CC3C5)c3ccccc3S(=O)(=O)N2C)cc1. The third-order valence-electron chi connectivity index (χ3n) is 8.73. The van der Waals surface area contributed by atoms with Crippen LogP contribution in [-0.2, 0) is 19.6 Å². The third-order valence-corrected chi connectivity index (χ3v) is 10.5. The molecule has 0 atom stereocenters. The highest BCUT2D eigenvalue weighted by Crippen LogP contribution is 2.53. The van der Waals surface area contributed by atoms with Crippen molar-refractivity contribution in [2.24, 2.45) is 23.7 Å². The number of hydrogen-bond acceptors (Lipinski definition) is 5. The van der Waals surface area contributed by atoms with Crippen LogP contribution in [0.1, 0.15) is 53.6 Å². The predicted molar refractivity (Wildman–Crippen MR) is 139 cm³/mol. The van der Waals surface area contributed by atoms with E-state index in [0.717, 1.165) is 21.7 Å². The summed E-state index contributed by atoms with van der Waals surface area (Å²) in [5, 5.41) is 3.23. The quantitative estimate of drug-likeness (QED) is 0.578. The second-order valence-corrected chi connectivity index (χ2v) is 13.1. The van der Waals surface area contributed by atoms with Gasteiger partial charge in [0.25, 0.3) is 15.9 Å². The molecule has 1 heterocycles. The molecule has 4 bridgehead atoms. The van der Waals surface area contributed by atoms with Crippen LogP contribution < -0.4 is 5.32 Å². The van der Waals surface area contributed by atoms with Crippen LogP contribution in [0.5, 0.6) is 0 Å². The molecule has 37 heavy (non-hydrogen) atoms. The standard InChI is InChI=1S/C29H32N2O5S/c1-17-7-9-20(10-8-17)28(33)27-29(23-5-3-4-6-24(23)37(34,35)31(27)2)36-16-25(32)30-26-21-12-18-11-19(14-21)15-22(26)13-18/h3-10,18-19,21-22,26H,11-16H2,1-2H3,(H,30,32). The minimum atomic E-state index is -3.96. The Balaban J connectivity index is 1.30. The van der Waals surface area contributed by atoms with Crippen LogP contribution in [0.15, 0.2) is 59.1 Å². The van der Waals surface area contributed by atoms with Gasteiger partial charge in [-0.3, -0.25) is 13.9 Å². The zero-order chi connectivity index (χ0) is 25.9. The first-order valence-corrected chi connectivity index (χ1v) is 14.5. The number of Topliss-reactive ketones (excluding diaryl/α,β-unsaturated/α-hetero) is 1. The molecule has 4 fully saturated rings. The summed E-state index contributed by atoms with van der Waals surface area (Å²) < 4.78 is 33.6. The van der Waals surface area contributed by atoms with E-state index in [4.69, 9.17) is 4.74 Å². The highest BCUT2D eigenvalue weighted by atomic mass is 32.2. The van der Waals surface area contributed by atoms with E-state index >= 15 is 0 Å². The van der Waals surface area contributed by atoms with Gasteiger partial charge in [0.05, 0.1) is 4.90 Å². The first kappa shape index (κ1) is 24.2. The van der Waals surface area contributed by atoms with Gasteiger partial charge in [-0.1, -0.05) is 42.0 Å². The predicted octanol–water partition coefficient (Wildman–Crippen LogP) is 4.14. The maximum atomic E-state index is 13.6. The molecule has 0 saturated heterocycles. The molecule has 194 valence electrons. The Hall–Kier alpha value is -3.13. The van der Waals surface area contributed by atoms with Crippen molar-refractivity contribution in [3.05, 3.63) is 70.9 Å². The Morgan fingerprint density at radius 1 is 0.946 bits per heavy atom. The van der Waals surface area contributed by atoms with E-state index in [2.05, 4.69) is 5.32 Å². The minimum Gasteiger partial charge on any atom is -0.481 e. The van der Waals surface area contributed by atoms with Crippen LogP contribution in [0.2, 0.25) is 0 Å². The number of carbonyl (C=O) groups is 2. The number of rotatable bonds is 6. The van der Waals surface area contributed by atoms with Crippen LogP contribution in [0, 0.1) is 30.6 Å². The lowest BCUT2D eigenvalue weighted by molar-refractivity contribution is -0.127. The number of benzene rings is 2. The molecule has 0 aromatic heterocycles. The van der Waals surface area contributed by atoms with Gasteiger partial charge in [-0.15, -0.1) is 0 Å². The van der Waals surface area contributed by atoms with E-state index in [0.29, 0.717) is 23.0 Å². The molecule has 1 aliphatic heterocycles. The molecule has 2 aromatic rings. The molecular formula is C29H32N2O5S. The summed E-state index contributed by atoms with van der Waals surface area (Å²) in [5.41, 5.74) is 1.53. The maximum absolute atomic E-state index is 13.6. The lowest BCUT2D eigenvalue weighted by atomic mass is 9.54. The van der Waals surface area contributed by atoms with E-state index in [1.807, 2.05) is 6.92 Å². The van der Waals surface area contributed by atoms with Gasteiger partial charge in [-0.05, 0) is 74.8 Å². The van der Waals surface area contributed by atoms with Gasteiger partial charge in [-0.25, -0.2) is 8.42 Å². The van der Waals surface area contributed by atoms with E-state index < -0.39 is 15.8 Å². The summed E-state index contributed by atoms with van der Waals surface area (Å²) in [5.74, 6) is 2.08. The fraction of sp³-hybridized carbons (Fsp3) is 0.448. The summed E-state index contributed by atoms with van der Waals surface area (Å²) in [7, 11) is -2.61. The fourth-order valence-corrected chi connectivity index (χ4v) is 8.57. The normalized spacial score (nSPS) is 29.1. The number of fused-ring (bicyclic) bond motifs is 1. The van der Waals surface area contributed by atoms with Gasteiger partial charge in [0, 0.05) is 24.2 Å². The number of amides is 1. The Bertz CT molecular complexity index is 1370. The van der Waals surface area contributed by atoms with Crippen molar-refractivity contribution in [1.82, 2.24) is 9.62 Å². The number of likely N-dealkylation sites (N-methyl/N-ethyl adjacent to an activating group) is 1. The van der Waals surface area contributed by atoms with E-state index in [1.165, 1.54) is 45.2 Å². The number of sulfonamides is 1. The van der Waals surface area contributed by atoms with Crippen molar-refractivity contribution in [3.8, 4) is 0 Å². The Morgan fingerprint density at radius 3 is 2.22 bits per heavy atom. The van der Waals surface area contributed by atoms with Crippen molar-refractivity contribution < 1.29 is 22.7 Å². The van der Waals surface area contributed by atoms with E-state index in [-0.39, 0.29) is 34.9 Å². The number of allylic oxidation sites excluding steroid dienone is 1. The number of ketones is 1. The molecule has 5 aliphatic rings. The molecule has 1 N–H and O–H groups in total. The van der Waals surface area contributed by atoms with Crippen LogP contribution in [-0.4, -0.2) is 44.1 Å². The average Bonchev–Trinajstić information content (AvgIpc) is 2.87. The minimum absolute atomic E-state index is 0.0504. The monoisotopic (exact) mass is 520 g/mol. The first-order valence-electron chi connectivity index (χ1n) is 13.1. The Kier molecular flexibility index (Phi) is 5.90. The van der Waals surface area contributed by atoms with Crippen LogP contribution in [0.25, 0.3) is 5.76 Å². The molecule has 0 radical (unpaired) electrons. The number of nitrogens with zero attached hydrogens (tertiary/aromatic N) is 1. The maximum Gasteiger partial charge on any atom is 0.265 e. The van der Waals surface area contributed by atoms with Crippen molar-refractivity contribution in [2.75, 3.05) is 13.7 Å². The summed E-state index contributed by atoms with van der Waals surface area (Å²) >= 11 is 0. The molecule has 4 saturated carbocycles. The summed E-state index contributed by atoms with van der Waals surface area (Å²) in [6.07, 6.45) is 6.10. The number of carbonyl (C=O) groups excluding carboxylic acids is 2. The Labute approximate surface area is 217 Å². The number of nitrogens with one attached hydrogen (secondary N) is 1. The molecule has 7 rings (SSSR count). The first-order chi connectivity index (χ1) is 17.7. The smallest absolute Gasteiger partial charge is 0.265 e. The van der Waals surface area contributed by atoms with Gasteiger partial charge in [0.1, 0.15) is 5.70 Å². The van der Waals surface area contributed by atoms with E-state index in [9.17, 15) is 18.0 Å². The van der Waals surface area contributed by atoms with E-state index in [1.54, 1.807) is 42.5 Å². The molecular weight excluding hydrogens is 488 g/mol. The zero-order valence-electron chi connectivity index (χ0n) is 21.1. The number of aryl methyl sites for hydroxylation is 1. The molecule has 8 heteroatoms. The zero-order valence-corrected chi connectivity index (χ0v) is 22.0. The van der Waals surface area contributed by atoms with Crippen LogP contribution >= 0.6 is 0 Å². The summed E-state index contributed by atoms with van der Waals surface area (Å²) in [6.45, 7) is 1.63. The molecule has 0 unspecified atom stereocenters. The highest BCUT2D eigenvalue weighted by molar-refractivity contribution is 7.89. The Morgan fingerprint density at radius 2 is 1.57 bits per heavy atom. The lowest BCUT2D eigenvalue weighted by Crippen LogP contribution is -2.56. The average molecular weight is 521 g/mol. The van der Waals surface area contributed by atoms with Gasteiger partial charge >= 0.3 is 0 Å². The lowest BCUT2D eigenvalue weighted by Gasteiger charge is -2.54. The third kappa shape index (κ3) is 4.15. The molecule has 1 amide bonds. The topological polar surface area (TPSA) is 92.8 Å². The van der Waals surface area contributed by atoms with Gasteiger partial charge in [0.2, 0.25) is 5.78 Å². The summed E-state index contributed by atoms with van der Waals surface area (Å²) in [4.78, 5) is 26.8. The molecule has 2 aromatic carbocycles. The second-order valence-electron chi connectivity index (χ2n) is 11.2. The van der Waals surface area contributed by atoms with Crippen LogP contribution in [0.3, 0.4) is 0 Å². The fourth-order valence-electron chi connectivity index (χ4n) is 7.18. The van der Waals surface area contributed by atoms with Crippen molar-refractivity contribution in [3.63, 3.8) is 0 Å². The largest absolute Gasteiger partial charge is 0.481 e. The molecule has 0 spiro atoms. The summed E-state index contributed by atoms with van der Waals surface area (Å²) in [6, 6.07) is 13.6. The van der Waals surface area contributed by atoms with Crippen molar-refractivity contribution >= 4 is 27.5 Å². The molecule has 7 nitrogen and oxygen atoms in total.